The van der Waals surface area contributed by atoms with Crippen LogP contribution in [0.2, 0.25) is 0 Å². The minimum Gasteiger partial charge on any atom is -0.395 e. The molecule has 0 aliphatic heterocycles. The molecule has 0 fully saturated rings. The van der Waals surface area contributed by atoms with Gasteiger partial charge in [-0.15, -0.1) is 0 Å². The van der Waals surface area contributed by atoms with Crippen molar-refractivity contribution in [1.29, 1.82) is 0 Å². The Labute approximate surface area is 69.5 Å². The first-order valence-corrected chi connectivity index (χ1v) is 4.09. The lowest BCUT2D eigenvalue weighted by atomic mass is 10.2. The first-order chi connectivity index (χ1) is 5.11. The van der Waals surface area contributed by atoms with Crippen molar-refractivity contribution in [2.24, 2.45) is 0 Å². The molecule has 2 heteroatoms. The SMILES string of the molecule is C=C(CC)CN(C)C(C)CO. The number of aliphatic hydroxyl groups excluding tert-OH is 1. The van der Waals surface area contributed by atoms with Crippen LogP contribution < -0.4 is 0 Å². The lowest BCUT2D eigenvalue weighted by Crippen LogP contribution is -2.33. The number of likely N-dealkylation sites (N-methyl/N-ethyl adjacent to an activating group) is 1. The van der Waals surface area contributed by atoms with Crippen LogP contribution in [0.15, 0.2) is 12.2 Å². The van der Waals surface area contributed by atoms with E-state index < -0.39 is 0 Å². The van der Waals surface area contributed by atoms with Crippen LogP contribution in [0.4, 0.5) is 0 Å². The van der Waals surface area contributed by atoms with Gasteiger partial charge in [0.25, 0.3) is 0 Å². The van der Waals surface area contributed by atoms with Gasteiger partial charge in [-0.05, 0) is 20.4 Å². The Kier molecular flexibility index (Phi) is 5.16. The van der Waals surface area contributed by atoms with Gasteiger partial charge in [0, 0.05) is 12.6 Å². The van der Waals surface area contributed by atoms with E-state index in [9.17, 15) is 0 Å². The molecule has 0 aromatic carbocycles. The minimum absolute atomic E-state index is 0.216. The average Bonchev–Trinajstić information content (AvgIpc) is 2.02. The maximum Gasteiger partial charge on any atom is 0.0584 e. The molecular formula is C9H19NO. The lowest BCUT2D eigenvalue weighted by Gasteiger charge is -2.23. The Bertz CT molecular complexity index is 123. The largest absolute Gasteiger partial charge is 0.395 e. The Morgan fingerprint density at radius 1 is 1.64 bits per heavy atom. The van der Waals surface area contributed by atoms with Crippen molar-refractivity contribution in [1.82, 2.24) is 4.90 Å². The third-order valence-electron chi connectivity index (χ3n) is 1.99. The predicted octanol–water partition coefficient (Wildman–Crippen LogP) is 1.27. The fourth-order valence-electron chi connectivity index (χ4n) is 0.760. The summed E-state index contributed by atoms with van der Waals surface area (Å²) in [5.74, 6) is 0. The highest BCUT2D eigenvalue weighted by atomic mass is 16.3. The number of rotatable bonds is 5. The molecule has 11 heavy (non-hydrogen) atoms. The zero-order valence-corrected chi connectivity index (χ0v) is 7.80. The molecule has 1 N–H and O–H groups in total. The highest BCUT2D eigenvalue weighted by molar-refractivity contribution is 4.95. The monoisotopic (exact) mass is 157 g/mol. The molecule has 0 bridgehead atoms. The van der Waals surface area contributed by atoms with Gasteiger partial charge < -0.3 is 5.11 Å². The molecule has 0 radical (unpaired) electrons. The standard InChI is InChI=1S/C9H19NO/c1-5-8(2)6-10(4)9(3)7-11/h9,11H,2,5-7H2,1,3-4H3. The average molecular weight is 157 g/mol. The first-order valence-electron chi connectivity index (χ1n) is 4.09. The molecule has 0 aromatic rings. The van der Waals surface area contributed by atoms with E-state index in [2.05, 4.69) is 18.4 Å². The van der Waals surface area contributed by atoms with Gasteiger partial charge in [0.1, 0.15) is 0 Å². The van der Waals surface area contributed by atoms with Gasteiger partial charge in [-0.25, -0.2) is 0 Å². The van der Waals surface area contributed by atoms with Crippen LogP contribution in [0.3, 0.4) is 0 Å². The molecule has 1 unspecified atom stereocenters. The first kappa shape index (κ1) is 10.7. The summed E-state index contributed by atoms with van der Waals surface area (Å²) in [6.07, 6.45) is 1.02. The molecule has 0 aliphatic carbocycles. The maximum atomic E-state index is 8.82. The zero-order chi connectivity index (χ0) is 8.85. The molecule has 0 spiro atoms. The molecule has 0 heterocycles. The number of hydrogen-bond donors (Lipinski definition) is 1. The van der Waals surface area contributed by atoms with E-state index in [0.717, 1.165) is 13.0 Å². The van der Waals surface area contributed by atoms with E-state index in [1.54, 1.807) is 0 Å². The van der Waals surface area contributed by atoms with Gasteiger partial charge >= 0.3 is 0 Å². The molecule has 0 saturated heterocycles. The summed E-state index contributed by atoms with van der Waals surface area (Å²) in [5.41, 5.74) is 1.22. The van der Waals surface area contributed by atoms with Crippen LogP contribution in [0.1, 0.15) is 20.3 Å². The number of hydrogen-bond acceptors (Lipinski definition) is 2. The van der Waals surface area contributed by atoms with Crippen LogP contribution in [0.25, 0.3) is 0 Å². The van der Waals surface area contributed by atoms with Crippen molar-refractivity contribution in [2.75, 3.05) is 20.2 Å². The molecule has 0 aliphatic rings. The van der Waals surface area contributed by atoms with Crippen molar-refractivity contribution >= 4 is 0 Å². The van der Waals surface area contributed by atoms with Crippen LogP contribution in [-0.2, 0) is 0 Å². The van der Waals surface area contributed by atoms with E-state index in [1.807, 2.05) is 14.0 Å². The molecule has 2 nitrogen and oxygen atoms in total. The topological polar surface area (TPSA) is 23.5 Å². The quantitative estimate of drug-likeness (QED) is 0.607. The molecule has 1 atom stereocenters. The molecule has 0 rings (SSSR count). The normalized spacial score (nSPS) is 13.5. The fourth-order valence-corrected chi connectivity index (χ4v) is 0.760. The third-order valence-corrected chi connectivity index (χ3v) is 1.99. The van der Waals surface area contributed by atoms with E-state index in [0.29, 0.717) is 0 Å². The van der Waals surface area contributed by atoms with Crippen molar-refractivity contribution in [2.45, 2.75) is 26.3 Å². The summed E-state index contributed by atoms with van der Waals surface area (Å²) < 4.78 is 0. The Morgan fingerprint density at radius 2 is 2.18 bits per heavy atom. The van der Waals surface area contributed by atoms with Crippen LogP contribution in [0.5, 0.6) is 0 Å². The van der Waals surface area contributed by atoms with Crippen LogP contribution in [0, 0.1) is 0 Å². The number of aliphatic hydroxyl groups is 1. The van der Waals surface area contributed by atoms with Crippen LogP contribution in [-0.4, -0.2) is 36.2 Å². The zero-order valence-electron chi connectivity index (χ0n) is 7.80. The van der Waals surface area contributed by atoms with Crippen molar-refractivity contribution in [3.8, 4) is 0 Å². The van der Waals surface area contributed by atoms with Crippen LogP contribution >= 0.6 is 0 Å². The van der Waals surface area contributed by atoms with Gasteiger partial charge in [0.15, 0.2) is 0 Å². The molecule has 66 valence electrons. The van der Waals surface area contributed by atoms with Gasteiger partial charge in [-0.2, -0.15) is 0 Å². The van der Waals surface area contributed by atoms with E-state index in [4.69, 9.17) is 5.11 Å². The smallest absolute Gasteiger partial charge is 0.0584 e. The molecular weight excluding hydrogens is 138 g/mol. The highest BCUT2D eigenvalue weighted by Gasteiger charge is 2.07. The second-order valence-corrected chi connectivity index (χ2v) is 3.05. The summed E-state index contributed by atoms with van der Waals surface area (Å²) >= 11 is 0. The van der Waals surface area contributed by atoms with Gasteiger partial charge in [0.05, 0.1) is 6.61 Å². The predicted molar refractivity (Wildman–Crippen MR) is 48.6 cm³/mol. The summed E-state index contributed by atoms with van der Waals surface area (Å²) in [4.78, 5) is 2.10. The van der Waals surface area contributed by atoms with Crippen molar-refractivity contribution in [3.63, 3.8) is 0 Å². The Balaban J connectivity index is 3.67. The summed E-state index contributed by atoms with van der Waals surface area (Å²) in [5, 5.41) is 8.82. The molecule has 0 amide bonds. The van der Waals surface area contributed by atoms with Gasteiger partial charge in [-0.3, -0.25) is 4.90 Å². The fraction of sp³-hybridized carbons (Fsp3) is 0.778. The van der Waals surface area contributed by atoms with Crippen molar-refractivity contribution < 1.29 is 5.11 Å². The van der Waals surface area contributed by atoms with Gasteiger partial charge in [0.2, 0.25) is 0 Å². The highest BCUT2D eigenvalue weighted by Crippen LogP contribution is 2.02. The van der Waals surface area contributed by atoms with Gasteiger partial charge in [-0.1, -0.05) is 19.1 Å². The maximum absolute atomic E-state index is 8.82. The van der Waals surface area contributed by atoms with E-state index in [-0.39, 0.29) is 12.6 Å². The molecule has 0 aromatic heterocycles. The summed E-state index contributed by atoms with van der Waals surface area (Å²) in [7, 11) is 2.00. The summed E-state index contributed by atoms with van der Waals surface area (Å²) in [6.45, 7) is 9.11. The van der Waals surface area contributed by atoms with Crippen molar-refractivity contribution in [3.05, 3.63) is 12.2 Å². The Morgan fingerprint density at radius 3 is 2.55 bits per heavy atom. The lowest BCUT2D eigenvalue weighted by molar-refractivity contribution is 0.167. The Hall–Kier alpha value is -0.340. The molecule has 0 saturated carbocycles. The summed E-state index contributed by atoms with van der Waals surface area (Å²) in [6, 6.07) is 0.235. The van der Waals surface area contributed by atoms with E-state index in [1.165, 1.54) is 5.57 Å². The van der Waals surface area contributed by atoms with E-state index >= 15 is 0 Å². The second kappa shape index (κ2) is 5.33. The minimum atomic E-state index is 0.216. The number of nitrogens with zero attached hydrogens (tertiary/aromatic N) is 1. The second-order valence-electron chi connectivity index (χ2n) is 3.05. The third kappa shape index (κ3) is 4.17.